The van der Waals surface area contributed by atoms with Crippen LogP contribution in [-0.2, 0) is 9.53 Å². The smallest absolute Gasteiger partial charge is 0.253 e. The molecule has 0 N–H and O–H groups in total. The quantitative estimate of drug-likeness (QED) is 0.589. The Hall–Kier alpha value is -2.86. The minimum absolute atomic E-state index is 0.0177. The van der Waals surface area contributed by atoms with Crippen molar-refractivity contribution < 1.29 is 23.8 Å². The molecule has 0 radical (unpaired) electrons. The molecule has 0 aromatic heterocycles. The van der Waals surface area contributed by atoms with Crippen LogP contribution in [0.2, 0.25) is 0 Å². The van der Waals surface area contributed by atoms with Gasteiger partial charge in [0.05, 0.1) is 24.9 Å². The molecule has 1 amide bonds. The zero-order valence-electron chi connectivity index (χ0n) is 19.7. The molecule has 0 saturated carbocycles. The molecule has 2 aromatic rings. The van der Waals surface area contributed by atoms with Gasteiger partial charge in [0.25, 0.3) is 5.91 Å². The molecule has 2 aromatic carbocycles. The fourth-order valence-corrected chi connectivity index (χ4v) is 4.98. The lowest BCUT2D eigenvalue weighted by atomic mass is 9.77. The van der Waals surface area contributed by atoms with E-state index in [1.165, 1.54) is 0 Å². The van der Waals surface area contributed by atoms with Crippen molar-refractivity contribution in [2.24, 2.45) is 5.92 Å². The standard InChI is InChI=1S/C27H33NO5/c1-19(2)32-23-10-9-22(16-25(23)31-3)26(30)28-13-11-27(12-14-28)17-20(18-29)15-24(33-27)21-7-5-4-6-8-21/h4-10,16,18-20,24H,11-15,17H2,1-3H3. The summed E-state index contributed by atoms with van der Waals surface area (Å²) in [4.78, 5) is 26.8. The summed E-state index contributed by atoms with van der Waals surface area (Å²) in [6, 6.07) is 15.4. The molecule has 0 aliphatic carbocycles. The third-order valence-corrected chi connectivity index (χ3v) is 6.64. The lowest BCUT2D eigenvalue weighted by Crippen LogP contribution is -2.51. The largest absolute Gasteiger partial charge is 0.493 e. The van der Waals surface area contributed by atoms with Crippen LogP contribution in [0.3, 0.4) is 0 Å². The molecule has 2 saturated heterocycles. The zero-order valence-corrected chi connectivity index (χ0v) is 19.7. The second-order valence-corrected chi connectivity index (χ2v) is 9.36. The van der Waals surface area contributed by atoms with Gasteiger partial charge in [0.1, 0.15) is 6.29 Å². The van der Waals surface area contributed by atoms with Crippen LogP contribution >= 0.6 is 0 Å². The highest BCUT2D eigenvalue weighted by atomic mass is 16.5. The van der Waals surface area contributed by atoms with Crippen LogP contribution in [0, 0.1) is 5.92 Å². The molecule has 0 bridgehead atoms. The normalized spacial score (nSPS) is 22.2. The Kier molecular flexibility index (Phi) is 7.03. The monoisotopic (exact) mass is 451 g/mol. The minimum atomic E-state index is -0.367. The summed E-state index contributed by atoms with van der Waals surface area (Å²) in [5, 5.41) is 0. The fourth-order valence-electron chi connectivity index (χ4n) is 4.98. The van der Waals surface area contributed by atoms with Gasteiger partial charge in [-0.3, -0.25) is 4.79 Å². The summed E-state index contributed by atoms with van der Waals surface area (Å²) in [6.07, 6.45) is 3.87. The number of hydrogen-bond acceptors (Lipinski definition) is 5. The van der Waals surface area contributed by atoms with Crippen LogP contribution in [0.5, 0.6) is 11.5 Å². The number of aldehydes is 1. The van der Waals surface area contributed by atoms with E-state index in [0.29, 0.717) is 36.6 Å². The SMILES string of the molecule is COc1cc(C(=O)N2CCC3(CC2)CC(C=O)CC(c2ccccc2)O3)ccc1OC(C)C. The predicted molar refractivity (Wildman–Crippen MR) is 126 cm³/mol. The molecule has 2 fully saturated rings. The molecule has 2 aliphatic rings. The minimum Gasteiger partial charge on any atom is -0.493 e. The van der Waals surface area contributed by atoms with Crippen LogP contribution in [-0.4, -0.2) is 49.0 Å². The Morgan fingerprint density at radius 2 is 1.85 bits per heavy atom. The first-order chi connectivity index (χ1) is 15.9. The Bertz CT molecular complexity index is 966. The molecule has 2 aliphatic heterocycles. The fraction of sp³-hybridized carbons (Fsp3) is 0.481. The van der Waals surface area contributed by atoms with Gasteiger partial charge >= 0.3 is 0 Å². The lowest BCUT2D eigenvalue weighted by Gasteiger charge is -2.48. The number of benzene rings is 2. The van der Waals surface area contributed by atoms with Gasteiger partial charge in [-0.1, -0.05) is 30.3 Å². The van der Waals surface area contributed by atoms with E-state index in [-0.39, 0.29) is 29.6 Å². The summed E-state index contributed by atoms with van der Waals surface area (Å²) in [6.45, 7) is 5.09. The second kappa shape index (κ2) is 9.96. The van der Waals surface area contributed by atoms with Gasteiger partial charge in [-0.2, -0.15) is 0 Å². The Balaban J connectivity index is 1.45. The molecule has 176 valence electrons. The van der Waals surface area contributed by atoms with Crippen LogP contribution in [0.15, 0.2) is 48.5 Å². The number of methoxy groups -OCH3 is 1. The van der Waals surface area contributed by atoms with Gasteiger partial charge in [-0.25, -0.2) is 0 Å². The number of carbonyl (C=O) groups is 2. The summed E-state index contributed by atoms with van der Waals surface area (Å²) in [5.41, 5.74) is 1.32. The van der Waals surface area contributed by atoms with E-state index in [1.54, 1.807) is 25.3 Å². The number of likely N-dealkylation sites (tertiary alicyclic amines) is 1. The number of nitrogens with zero attached hydrogens (tertiary/aromatic N) is 1. The van der Waals surface area contributed by atoms with E-state index >= 15 is 0 Å². The molecule has 2 heterocycles. The third kappa shape index (κ3) is 5.22. The van der Waals surface area contributed by atoms with Gasteiger partial charge in [0.15, 0.2) is 11.5 Å². The number of piperidine rings is 1. The Morgan fingerprint density at radius 1 is 1.12 bits per heavy atom. The van der Waals surface area contributed by atoms with E-state index in [1.807, 2.05) is 36.9 Å². The zero-order chi connectivity index (χ0) is 23.4. The van der Waals surface area contributed by atoms with Crippen molar-refractivity contribution in [1.82, 2.24) is 4.90 Å². The second-order valence-electron chi connectivity index (χ2n) is 9.36. The van der Waals surface area contributed by atoms with Crippen LogP contribution < -0.4 is 9.47 Å². The van der Waals surface area contributed by atoms with Crippen molar-refractivity contribution in [3.63, 3.8) is 0 Å². The van der Waals surface area contributed by atoms with Gasteiger partial charge < -0.3 is 23.9 Å². The molecule has 4 rings (SSSR count). The van der Waals surface area contributed by atoms with Crippen molar-refractivity contribution in [2.75, 3.05) is 20.2 Å². The summed E-state index contributed by atoms with van der Waals surface area (Å²) < 4.78 is 17.8. The number of rotatable bonds is 6. The summed E-state index contributed by atoms with van der Waals surface area (Å²) in [5.74, 6) is 1.13. The molecule has 6 nitrogen and oxygen atoms in total. The van der Waals surface area contributed by atoms with E-state index in [0.717, 1.165) is 31.1 Å². The van der Waals surface area contributed by atoms with Gasteiger partial charge in [-0.15, -0.1) is 0 Å². The highest BCUT2D eigenvalue weighted by Crippen LogP contribution is 2.45. The molecule has 2 unspecified atom stereocenters. The number of hydrogen-bond donors (Lipinski definition) is 0. The average Bonchev–Trinajstić information content (AvgIpc) is 2.84. The molecule has 6 heteroatoms. The number of ether oxygens (including phenoxy) is 3. The van der Waals surface area contributed by atoms with Crippen molar-refractivity contribution in [2.45, 2.75) is 57.3 Å². The Labute approximate surface area is 195 Å². The lowest BCUT2D eigenvalue weighted by molar-refractivity contribution is -0.169. The van der Waals surface area contributed by atoms with Crippen LogP contribution in [0.4, 0.5) is 0 Å². The average molecular weight is 452 g/mol. The molecule has 2 atom stereocenters. The van der Waals surface area contributed by atoms with E-state index in [4.69, 9.17) is 14.2 Å². The molecule has 1 spiro atoms. The van der Waals surface area contributed by atoms with Gasteiger partial charge in [-0.05, 0) is 63.3 Å². The first kappa shape index (κ1) is 23.3. The van der Waals surface area contributed by atoms with E-state index in [9.17, 15) is 9.59 Å². The maximum absolute atomic E-state index is 13.2. The van der Waals surface area contributed by atoms with Crippen LogP contribution in [0.25, 0.3) is 0 Å². The van der Waals surface area contributed by atoms with Crippen LogP contribution in [0.1, 0.15) is 61.6 Å². The van der Waals surface area contributed by atoms with Crippen molar-refractivity contribution in [3.8, 4) is 11.5 Å². The summed E-state index contributed by atoms with van der Waals surface area (Å²) in [7, 11) is 1.58. The maximum Gasteiger partial charge on any atom is 0.253 e. The molecular weight excluding hydrogens is 418 g/mol. The topological polar surface area (TPSA) is 65.1 Å². The Morgan fingerprint density at radius 3 is 2.48 bits per heavy atom. The predicted octanol–water partition coefficient (Wildman–Crippen LogP) is 4.82. The molecular formula is C27H33NO5. The van der Waals surface area contributed by atoms with E-state index in [2.05, 4.69) is 12.1 Å². The third-order valence-electron chi connectivity index (χ3n) is 6.64. The maximum atomic E-state index is 13.2. The number of carbonyl (C=O) groups excluding carboxylic acids is 2. The molecule has 33 heavy (non-hydrogen) atoms. The highest BCUT2D eigenvalue weighted by Gasteiger charge is 2.44. The highest BCUT2D eigenvalue weighted by molar-refractivity contribution is 5.95. The van der Waals surface area contributed by atoms with Crippen molar-refractivity contribution in [3.05, 3.63) is 59.7 Å². The first-order valence-electron chi connectivity index (χ1n) is 11.7. The summed E-state index contributed by atoms with van der Waals surface area (Å²) >= 11 is 0. The van der Waals surface area contributed by atoms with Gasteiger partial charge in [0.2, 0.25) is 0 Å². The van der Waals surface area contributed by atoms with Crippen molar-refractivity contribution in [1.29, 1.82) is 0 Å². The first-order valence-corrected chi connectivity index (χ1v) is 11.7. The number of amides is 1. The van der Waals surface area contributed by atoms with Gasteiger partial charge in [0, 0.05) is 24.6 Å². The van der Waals surface area contributed by atoms with Crippen molar-refractivity contribution >= 4 is 12.2 Å². The van der Waals surface area contributed by atoms with E-state index < -0.39 is 0 Å².